The number of hydrogen-bond acceptors (Lipinski definition) is 3. The van der Waals surface area contributed by atoms with E-state index in [1.807, 2.05) is 6.92 Å². The molecular weight excluding hydrogens is 216 g/mol. The minimum Gasteiger partial charge on any atom is -0.299 e. The van der Waals surface area contributed by atoms with Crippen molar-refractivity contribution >= 4 is 17.3 Å². The molecule has 0 bridgehead atoms. The van der Waals surface area contributed by atoms with Crippen LogP contribution in [0.15, 0.2) is 11.6 Å². The van der Waals surface area contributed by atoms with E-state index in [1.54, 1.807) is 19.9 Å². The van der Waals surface area contributed by atoms with Crippen LogP contribution in [0.4, 0.5) is 0 Å². The zero-order chi connectivity index (χ0) is 13.3. The molecule has 0 rings (SSSR count). The summed E-state index contributed by atoms with van der Waals surface area (Å²) in [5.74, 6) is 0.364. The first-order chi connectivity index (χ1) is 8.03. The lowest BCUT2D eigenvalue weighted by molar-refractivity contribution is -0.120. The fraction of sp³-hybridized carbons (Fsp3) is 0.643. The van der Waals surface area contributed by atoms with Crippen LogP contribution in [0.25, 0.3) is 0 Å². The lowest BCUT2D eigenvalue weighted by Gasteiger charge is -2.05. The minimum absolute atomic E-state index is 0.115. The van der Waals surface area contributed by atoms with Gasteiger partial charge in [0.25, 0.3) is 0 Å². The van der Waals surface area contributed by atoms with Gasteiger partial charge in [0.1, 0.15) is 17.3 Å². The van der Waals surface area contributed by atoms with Crippen LogP contribution in [-0.4, -0.2) is 17.3 Å². The Labute approximate surface area is 103 Å². The normalized spacial score (nSPS) is 9.82. The zero-order valence-corrected chi connectivity index (χ0v) is 11.0. The molecule has 0 N–H and O–H groups in total. The highest BCUT2D eigenvalue weighted by molar-refractivity contribution is 5.86. The van der Waals surface area contributed by atoms with Crippen LogP contribution in [-0.2, 0) is 14.4 Å². The predicted octanol–water partition coefficient (Wildman–Crippen LogP) is 3.02. The summed E-state index contributed by atoms with van der Waals surface area (Å²) in [6.07, 6.45) is 4.14. The highest BCUT2D eigenvalue weighted by atomic mass is 16.1. The van der Waals surface area contributed by atoms with Crippen molar-refractivity contribution in [2.45, 2.75) is 59.3 Å². The molecule has 0 aliphatic rings. The molecule has 0 atom stereocenters. The van der Waals surface area contributed by atoms with E-state index in [1.165, 1.54) is 0 Å². The molecule has 0 aliphatic heterocycles. The van der Waals surface area contributed by atoms with Gasteiger partial charge in [-0.2, -0.15) is 0 Å². The van der Waals surface area contributed by atoms with Crippen molar-refractivity contribution in [3.63, 3.8) is 0 Å². The Morgan fingerprint density at radius 1 is 0.765 bits per heavy atom. The number of ketones is 3. The molecule has 0 radical (unpaired) electrons. The van der Waals surface area contributed by atoms with Crippen LogP contribution in [0.3, 0.4) is 0 Å². The number of carbonyl (C=O) groups is 3. The van der Waals surface area contributed by atoms with Crippen molar-refractivity contribution in [2.24, 2.45) is 0 Å². The van der Waals surface area contributed by atoms with Gasteiger partial charge in [-0.15, -0.1) is 0 Å². The number of Topliss-reactive ketones (excluding diaryl/α,β-unsaturated/α-hetero) is 3. The van der Waals surface area contributed by atoms with Crippen molar-refractivity contribution in [3.8, 4) is 0 Å². The molecule has 96 valence electrons. The van der Waals surface area contributed by atoms with Crippen molar-refractivity contribution in [2.75, 3.05) is 0 Å². The van der Waals surface area contributed by atoms with Crippen molar-refractivity contribution in [3.05, 3.63) is 11.6 Å². The van der Waals surface area contributed by atoms with Crippen molar-refractivity contribution in [1.82, 2.24) is 0 Å². The first-order valence-electron chi connectivity index (χ1n) is 6.26. The second-order valence-corrected chi connectivity index (χ2v) is 4.10. The Morgan fingerprint density at radius 2 is 1.18 bits per heavy atom. The molecule has 0 aromatic heterocycles. The minimum atomic E-state index is 0.115. The fourth-order valence-electron chi connectivity index (χ4n) is 1.37. The standard InChI is InChI=1S/C14H22O3/c1-4-12(15)8-7-11(9-13(16)5-2)10-14(17)6-3/h7H,4-6,8-10H2,1-3H3. The Kier molecular flexibility index (Phi) is 8.20. The molecule has 0 aromatic rings. The summed E-state index contributed by atoms with van der Waals surface area (Å²) < 4.78 is 0. The van der Waals surface area contributed by atoms with Crippen molar-refractivity contribution < 1.29 is 14.4 Å². The number of rotatable bonds is 9. The Bertz CT molecular complexity index is 293. The molecule has 0 aromatic carbocycles. The van der Waals surface area contributed by atoms with Crippen LogP contribution < -0.4 is 0 Å². The molecule has 0 unspecified atom stereocenters. The molecule has 17 heavy (non-hydrogen) atoms. The molecule has 0 aliphatic carbocycles. The molecule has 0 heterocycles. The maximum absolute atomic E-state index is 11.4. The van der Waals surface area contributed by atoms with E-state index in [4.69, 9.17) is 0 Å². The summed E-state index contributed by atoms with van der Waals surface area (Å²) in [5.41, 5.74) is 0.797. The van der Waals surface area contributed by atoms with Gasteiger partial charge in [0.05, 0.1) is 0 Å². The average molecular weight is 238 g/mol. The van der Waals surface area contributed by atoms with Gasteiger partial charge in [-0.25, -0.2) is 0 Å². The first-order valence-corrected chi connectivity index (χ1v) is 6.26. The van der Waals surface area contributed by atoms with Gasteiger partial charge in [-0.3, -0.25) is 14.4 Å². The van der Waals surface area contributed by atoms with Crippen molar-refractivity contribution in [1.29, 1.82) is 0 Å². The molecule has 0 spiro atoms. The number of carbonyl (C=O) groups excluding carboxylic acids is 3. The maximum atomic E-state index is 11.4. The summed E-state index contributed by atoms with van der Waals surface area (Å²) >= 11 is 0. The summed E-state index contributed by atoms with van der Waals surface area (Å²) in [4.78, 5) is 34.0. The van der Waals surface area contributed by atoms with Gasteiger partial charge < -0.3 is 0 Å². The van der Waals surface area contributed by atoms with E-state index < -0.39 is 0 Å². The highest BCUT2D eigenvalue weighted by Gasteiger charge is 2.09. The van der Waals surface area contributed by atoms with E-state index in [2.05, 4.69) is 0 Å². The van der Waals surface area contributed by atoms with Crippen LogP contribution in [0.5, 0.6) is 0 Å². The summed E-state index contributed by atoms with van der Waals surface area (Å²) in [5, 5.41) is 0. The molecule has 0 saturated heterocycles. The second kappa shape index (κ2) is 8.85. The van der Waals surface area contributed by atoms with Crippen LogP contribution in [0.2, 0.25) is 0 Å². The van der Waals surface area contributed by atoms with Gasteiger partial charge in [0.2, 0.25) is 0 Å². The largest absolute Gasteiger partial charge is 0.299 e. The average Bonchev–Trinajstić information content (AvgIpc) is 2.34. The summed E-state index contributed by atoms with van der Waals surface area (Å²) in [6, 6.07) is 0. The molecule has 3 nitrogen and oxygen atoms in total. The lowest BCUT2D eigenvalue weighted by atomic mass is 9.99. The van der Waals surface area contributed by atoms with Gasteiger partial charge in [0, 0.05) is 38.5 Å². The van der Waals surface area contributed by atoms with Gasteiger partial charge in [-0.1, -0.05) is 32.4 Å². The fourth-order valence-corrected chi connectivity index (χ4v) is 1.37. The van der Waals surface area contributed by atoms with E-state index in [9.17, 15) is 14.4 Å². The van der Waals surface area contributed by atoms with E-state index in [-0.39, 0.29) is 17.3 Å². The summed E-state index contributed by atoms with van der Waals surface area (Å²) in [6.45, 7) is 5.42. The van der Waals surface area contributed by atoms with Crippen LogP contribution in [0, 0.1) is 0 Å². The van der Waals surface area contributed by atoms with Gasteiger partial charge in [0.15, 0.2) is 0 Å². The zero-order valence-electron chi connectivity index (χ0n) is 11.0. The number of hydrogen-bond donors (Lipinski definition) is 0. The predicted molar refractivity (Wildman–Crippen MR) is 67.8 cm³/mol. The maximum Gasteiger partial charge on any atom is 0.136 e. The monoisotopic (exact) mass is 238 g/mol. The Morgan fingerprint density at radius 3 is 1.53 bits per heavy atom. The van der Waals surface area contributed by atoms with E-state index in [0.29, 0.717) is 38.5 Å². The molecule has 3 heteroatoms. The van der Waals surface area contributed by atoms with E-state index in [0.717, 1.165) is 5.57 Å². The Hall–Kier alpha value is -1.25. The third-order valence-electron chi connectivity index (χ3n) is 2.65. The SMILES string of the molecule is CCC(=O)CC=C(CC(=O)CC)CC(=O)CC. The highest BCUT2D eigenvalue weighted by Crippen LogP contribution is 2.12. The third kappa shape index (κ3) is 7.61. The smallest absolute Gasteiger partial charge is 0.136 e. The van der Waals surface area contributed by atoms with Gasteiger partial charge in [-0.05, 0) is 0 Å². The molecule has 0 saturated carbocycles. The second-order valence-electron chi connectivity index (χ2n) is 4.10. The Balaban J connectivity index is 4.53. The van der Waals surface area contributed by atoms with Crippen LogP contribution >= 0.6 is 0 Å². The topological polar surface area (TPSA) is 51.2 Å². The lowest BCUT2D eigenvalue weighted by Crippen LogP contribution is -2.04. The molecular formula is C14H22O3. The summed E-state index contributed by atoms with van der Waals surface area (Å²) in [7, 11) is 0. The van der Waals surface area contributed by atoms with Gasteiger partial charge >= 0.3 is 0 Å². The number of allylic oxidation sites excluding steroid dienone is 2. The quantitative estimate of drug-likeness (QED) is 0.580. The van der Waals surface area contributed by atoms with E-state index >= 15 is 0 Å². The molecule has 0 fully saturated rings. The third-order valence-corrected chi connectivity index (χ3v) is 2.65. The van der Waals surface area contributed by atoms with Crippen LogP contribution in [0.1, 0.15) is 59.3 Å². The first kappa shape index (κ1) is 15.8. The molecule has 0 amide bonds.